The molecular formula is C15H19NO4. The Morgan fingerprint density at radius 2 is 1.90 bits per heavy atom. The van der Waals surface area contributed by atoms with Crippen molar-refractivity contribution in [3.8, 4) is 11.5 Å². The minimum Gasteiger partial charge on any atom is -0.504 e. The fraction of sp³-hybridized carbons (Fsp3) is 0.467. The second kappa shape index (κ2) is 6.41. The number of benzene rings is 1. The van der Waals surface area contributed by atoms with Crippen molar-refractivity contribution in [2.75, 3.05) is 6.54 Å². The van der Waals surface area contributed by atoms with E-state index >= 15 is 0 Å². The molecule has 3 N–H and O–H groups in total. The average molecular weight is 277 g/mol. The summed E-state index contributed by atoms with van der Waals surface area (Å²) in [7, 11) is 0. The Bertz CT molecular complexity index is 505. The van der Waals surface area contributed by atoms with Crippen molar-refractivity contribution in [2.24, 2.45) is 16.8 Å². The SMILES string of the molecule is O=C(O)[C@H]1CC[C@@H](CN=Cc2ccc(O)c(O)c2)CC1. The van der Waals surface area contributed by atoms with Gasteiger partial charge in [0.2, 0.25) is 0 Å². The first kappa shape index (κ1) is 14.4. The molecule has 0 bridgehead atoms. The van der Waals surface area contributed by atoms with Crippen LogP contribution in [0.2, 0.25) is 0 Å². The average Bonchev–Trinajstić information content (AvgIpc) is 2.43. The number of carboxylic acid groups (broad SMARTS) is 1. The van der Waals surface area contributed by atoms with Crippen LogP contribution in [0.4, 0.5) is 0 Å². The number of nitrogens with zero attached hydrogens (tertiary/aromatic N) is 1. The lowest BCUT2D eigenvalue weighted by Crippen LogP contribution is -2.22. The molecule has 0 atom stereocenters. The third-order valence-electron chi connectivity index (χ3n) is 3.80. The summed E-state index contributed by atoms with van der Waals surface area (Å²) in [6.45, 7) is 0.675. The highest BCUT2D eigenvalue weighted by atomic mass is 16.4. The van der Waals surface area contributed by atoms with Gasteiger partial charge in [-0.15, -0.1) is 0 Å². The van der Waals surface area contributed by atoms with Gasteiger partial charge in [0, 0.05) is 12.8 Å². The summed E-state index contributed by atoms with van der Waals surface area (Å²) in [5.41, 5.74) is 0.736. The lowest BCUT2D eigenvalue weighted by molar-refractivity contribution is -0.143. The fourth-order valence-corrected chi connectivity index (χ4v) is 2.52. The highest BCUT2D eigenvalue weighted by molar-refractivity contribution is 5.80. The van der Waals surface area contributed by atoms with Gasteiger partial charge in [0.15, 0.2) is 11.5 Å². The van der Waals surface area contributed by atoms with Gasteiger partial charge < -0.3 is 15.3 Å². The predicted molar refractivity (Wildman–Crippen MR) is 75.3 cm³/mol. The molecular weight excluding hydrogens is 258 g/mol. The van der Waals surface area contributed by atoms with E-state index in [1.54, 1.807) is 12.3 Å². The van der Waals surface area contributed by atoms with Gasteiger partial charge in [-0.2, -0.15) is 0 Å². The number of phenolic OH excluding ortho intramolecular Hbond substituents is 2. The largest absolute Gasteiger partial charge is 0.504 e. The van der Waals surface area contributed by atoms with Gasteiger partial charge >= 0.3 is 5.97 Å². The first-order valence-electron chi connectivity index (χ1n) is 6.81. The van der Waals surface area contributed by atoms with E-state index in [1.807, 2.05) is 0 Å². The Labute approximate surface area is 117 Å². The highest BCUT2D eigenvalue weighted by Crippen LogP contribution is 2.29. The summed E-state index contributed by atoms with van der Waals surface area (Å²) >= 11 is 0. The van der Waals surface area contributed by atoms with Crippen LogP contribution in [-0.2, 0) is 4.79 Å². The number of carbonyl (C=O) groups is 1. The predicted octanol–water partition coefficient (Wildman–Crippen LogP) is 2.41. The quantitative estimate of drug-likeness (QED) is 0.582. The third kappa shape index (κ3) is 3.73. The Kier molecular flexibility index (Phi) is 4.61. The van der Waals surface area contributed by atoms with E-state index in [0.29, 0.717) is 12.5 Å². The normalized spacial score (nSPS) is 23.0. The molecule has 1 aliphatic rings. The Balaban J connectivity index is 1.82. The first-order valence-corrected chi connectivity index (χ1v) is 6.81. The van der Waals surface area contributed by atoms with Crippen molar-refractivity contribution in [1.82, 2.24) is 0 Å². The summed E-state index contributed by atoms with van der Waals surface area (Å²) in [6, 6.07) is 4.56. The van der Waals surface area contributed by atoms with Crippen LogP contribution >= 0.6 is 0 Å². The van der Waals surface area contributed by atoms with Crippen molar-refractivity contribution in [1.29, 1.82) is 0 Å². The molecule has 1 saturated carbocycles. The third-order valence-corrected chi connectivity index (χ3v) is 3.80. The summed E-state index contributed by atoms with van der Waals surface area (Å²) in [4.78, 5) is 15.2. The monoisotopic (exact) mass is 277 g/mol. The van der Waals surface area contributed by atoms with E-state index < -0.39 is 5.97 Å². The molecule has 0 spiro atoms. The molecule has 0 amide bonds. The van der Waals surface area contributed by atoms with Crippen LogP contribution in [0.25, 0.3) is 0 Å². The van der Waals surface area contributed by atoms with E-state index in [2.05, 4.69) is 4.99 Å². The lowest BCUT2D eigenvalue weighted by atomic mass is 9.82. The molecule has 1 fully saturated rings. The maximum atomic E-state index is 10.8. The lowest BCUT2D eigenvalue weighted by Gasteiger charge is -2.24. The maximum absolute atomic E-state index is 10.8. The molecule has 0 aliphatic heterocycles. The zero-order chi connectivity index (χ0) is 14.5. The number of aliphatic imine (C=N–C) groups is 1. The summed E-state index contributed by atoms with van der Waals surface area (Å²) in [6.07, 6.45) is 4.93. The molecule has 5 nitrogen and oxygen atoms in total. The molecule has 0 radical (unpaired) electrons. The standard InChI is InChI=1S/C15H19NO4/c17-13-6-3-11(7-14(13)18)9-16-8-10-1-4-12(5-2-10)15(19)20/h3,6-7,9-10,12,17-18H,1-2,4-5,8H2,(H,19,20)/t10-,12+. The molecule has 0 heterocycles. The van der Waals surface area contributed by atoms with E-state index in [1.165, 1.54) is 12.1 Å². The van der Waals surface area contributed by atoms with Crippen LogP contribution in [0.15, 0.2) is 23.2 Å². The summed E-state index contributed by atoms with van der Waals surface area (Å²) in [5, 5.41) is 27.5. The van der Waals surface area contributed by atoms with Crippen LogP contribution in [-0.4, -0.2) is 34.0 Å². The van der Waals surface area contributed by atoms with Gasteiger partial charge in [-0.1, -0.05) is 0 Å². The molecule has 0 aromatic heterocycles. The zero-order valence-electron chi connectivity index (χ0n) is 11.2. The van der Waals surface area contributed by atoms with Gasteiger partial charge in [0.1, 0.15) is 0 Å². The van der Waals surface area contributed by atoms with Crippen LogP contribution in [0.1, 0.15) is 31.2 Å². The smallest absolute Gasteiger partial charge is 0.306 e. The topological polar surface area (TPSA) is 90.1 Å². The number of aromatic hydroxyl groups is 2. The molecule has 5 heteroatoms. The molecule has 1 aromatic rings. The maximum Gasteiger partial charge on any atom is 0.306 e. The van der Waals surface area contributed by atoms with Gasteiger partial charge in [-0.05, 0) is 55.4 Å². The molecule has 1 aromatic carbocycles. The molecule has 2 rings (SSSR count). The highest BCUT2D eigenvalue weighted by Gasteiger charge is 2.25. The van der Waals surface area contributed by atoms with Crippen molar-refractivity contribution in [3.05, 3.63) is 23.8 Å². The second-order valence-corrected chi connectivity index (χ2v) is 5.30. The number of rotatable bonds is 4. The molecule has 0 saturated heterocycles. The van der Waals surface area contributed by atoms with Crippen LogP contribution in [0.5, 0.6) is 11.5 Å². The van der Waals surface area contributed by atoms with Crippen molar-refractivity contribution < 1.29 is 20.1 Å². The number of phenols is 2. The van der Waals surface area contributed by atoms with Crippen LogP contribution in [0.3, 0.4) is 0 Å². The van der Waals surface area contributed by atoms with Crippen molar-refractivity contribution >= 4 is 12.2 Å². The van der Waals surface area contributed by atoms with Crippen molar-refractivity contribution in [2.45, 2.75) is 25.7 Å². The Morgan fingerprint density at radius 1 is 1.20 bits per heavy atom. The second-order valence-electron chi connectivity index (χ2n) is 5.30. The van der Waals surface area contributed by atoms with E-state index in [-0.39, 0.29) is 17.4 Å². The molecule has 108 valence electrons. The van der Waals surface area contributed by atoms with E-state index in [0.717, 1.165) is 31.2 Å². The minimum atomic E-state index is -0.688. The minimum absolute atomic E-state index is 0.144. The van der Waals surface area contributed by atoms with Crippen molar-refractivity contribution in [3.63, 3.8) is 0 Å². The van der Waals surface area contributed by atoms with Crippen LogP contribution in [0, 0.1) is 11.8 Å². The van der Waals surface area contributed by atoms with Gasteiger partial charge in [-0.25, -0.2) is 0 Å². The number of carboxylic acids is 1. The van der Waals surface area contributed by atoms with Crippen LogP contribution < -0.4 is 0 Å². The Morgan fingerprint density at radius 3 is 2.50 bits per heavy atom. The summed E-state index contributed by atoms with van der Waals surface area (Å²) in [5.74, 6) is -0.742. The van der Waals surface area contributed by atoms with Gasteiger partial charge in [0.25, 0.3) is 0 Å². The fourth-order valence-electron chi connectivity index (χ4n) is 2.52. The molecule has 20 heavy (non-hydrogen) atoms. The number of aliphatic carboxylic acids is 1. The van der Waals surface area contributed by atoms with Gasteiger partial charge in [0.05, 0.1) is 5.92 Å². The molecule has 0 unspecified atom stereocenters. The summed E-state index contributed by atoms with van der Waals surface area (Å²) < 4.78 is 0. The van der Waals surface area contributed by atoms with E-state index in [9.17, 15) is 15.0 Å². The molecule has 1 aliphatic carbocycles. The van der Waals surface area contributed by atoms with Gasteiger partial charge in [-0.3, -0.25) is 9.79 Å². The number of hydrogen-bond donors (Lipinski definition) is 3. The Hall–Kier alpha value is -2.04. The first-order chi connectivity index (χ1) is 9.56. The van der Waals surface area contributed by atoms with E-state index in [4.69, 9.17) is 5.11 Å². The number of hydrogen-bond acceptors (Lipinski definition) is 4. The zero-order valence-corrected chi connectivity index (χ0v) is 11.2.